The van der Waals surface area contributed by atoms with Crippen LogP contribution in [0.25, 0.3) is 0 Å². The highest BCUT2D eigenvalue weighted by Crippen LogP contribution is 2.18. The predicted octanol–water partition coefficient (Wildman–Crippen LogP) is 3.38. The molecular formula is C20H20N4O3. The van der Waals surface area contributed by atoms with E-state index in [1.165, 1.54) is 0 Å². The van der Waals surface area contributed by atoms with Crippen LogP contribution in [0.3, 0.4) is 0 Å². The van der Waals surface area contributed by atoms with E-state index in [-0.39, 0.29) is 17.6 Å². The van der Waals surface area contributed by atoms with Gasteiger partial charge in [-0.15, -0.1) is 0 Å². The molecule has 0 unspecified atom stereocenters. The molecular weight excluding hydrogens is 344 g/mol. The van der Waals surface area contributed by atoms with Crippen LogP contribution in [0.5, 0.6) is 0 Å². The lowest BCUT2D eigenvalue weighted by atomic mass is 10.1. The first-order valence-corrected chi connectivity index (χ1v) is 8.59. The van der Waals surface area contributed by atoms with Crippen molar-refractivity contribution in [3.8, 4) is 0 Å². The minimum absolute atomic E-state index is 0.0994. The fourth-order valence-corrected chi connectivity index (χ4v) is 2.41. The molecule has 0 aliphatic rings. The van der Waals surface area contributed by atoms with Crippen molar-refractivity contribution in [2.45, 2.75) is 26.3 Å². The Balaban J connectivity index is 1.71. The predicted molar refractivity (Wildman–Crippen MR) is 100 cm³/mol. The van der Waals surface area contributed by atoms with E-state index in [1.807, 2.05) is 32.0 Å². The molecule has 0 fully saturated rings. The zero-order valence-electron chi connectivity index (χ0n) is 15.1. The summed E-state index contributed by atoms with van der Waals surface area (Å²) in [6.07, 6.45) is 1.67. The second-order valence-corrected chi connectivity index (χ2v) is 6.27. The highest BCUT2D eigenvalue weighted by atomic mass is 16.5. The molecule has 2 heterocycles. The van der Waals surface area contributed by atoms with Gasteiger partial charge in [-0.05, 0) is 30.2 Å². The number of hydrogen-bond acceptors (Lipinski definition) is 5. The number of anilines is 1. The van der Waals surface area contributed by atoms with Gasteiger partial charge in [0.05, 0.1) is 29.2 Å². The molecule has 0 saturated carbocycles. The second kappa shape index (κ2) is 8.27. The van der Waals surface area contributed by atoms with Crippen molar-refractivity contribution in [2.24, 2.45) is 0 Å². The normalized spacial score (nSPS) is 10.6. The number of rotatable bonds is 6. The number of nitrogens with zero attached hydrogens (tertiary/aromatic N) is 2. The summed E-state index contributed by atoms with van der Waals surface area (Å²) in [7, 11) is 0. The number of para-hydroxylation sites is 1. The highest BCUT2D eigenvalue weighted by Gasteiger charge is 2.18. The molecule has 0 spiro atoms. The van der Waals surface area contributed by atoms with Gasteiger partial charge in [-0.2, -0.15) is 0 Å². The maximum Gasteiger partial charge on any atom is 0.294 e. The Kier molecular flexibility index (Phi) is 5.61. The minimum Gasteiger partial charge on any atom is -0.351 e. The Labute approximate surface area is 156 Å². The lowest BCUT2D eigenvalue weighted by Gasteiger charge is -2.10. The molecule has 7 heteroatoms. The first-order valence-electron chi connectivity index (χ1n) is 8.59. The van der Waals surface area contributed by atoms with E-state index in [4.69, 9.17) is 4.52 Å². The first kappa shape index (κ1) is 18.3. The van der Waals surface area contributed by atoms with Crippen LogP contribution in [-0.2, 0) is 6.54 Å². The molecule has 0 bridgehead atoms. The molecule has 0 aliphatic heterocycles. The van der Waals surface area contributed by atoms with Crippen molar-refractivity contribution < 1.29 is 14.1 Å². The van der Waals surface area contributed by atoms with Gasteiger partial charge < -0.3 is 15.2 Å². The highest BCUT2D eigenvalue weighted by molar-refractivity contribution is 6.07. The van der Waals surface area contributed by atoms with Gasteiger partial charge in [-0.3, -0.25) is 14.6 Å². The van der Waals surface area contributed by atoms with Gasteiger partial charge in [0.2, 0.25) is 5.76 Å². The van der Waals surface area contributed by atoms with Crippen LogP contribution in [0.15, 0.2) is 59.3 Å². The van der Waals surface area contributed by atoms with E-state index in [1.54, 1.807) is 36.5 Å². The van der Waals surface area contributed by atoms with Crippen LogP contribution >= 0.6 is 0 Å². The third-order valence-corrected chi connectivity index (χ3v) is 3.92. The summed E-state index contributed by atoms with van der Waals surface area (Å²) in [6, 6.07) is 13.9. The van der Waals surface area contributed by atoms with E-state index < -0.39 is 5.91 Å². The molecule has 1 aromatic carbocycles. The van der Waals surface area contributed by atoms with E-state index in [0.29, 0.717) is 23.5 Å². The van der Waals surface area contributed by atoms with Gasteiger partial charge >= 0.3 is 0 Å². The van der Waals surface area contributed by atoms with E-state index in [2.05, 4.69) is 20.8 Å². The average Bonchev–Trinajstić information content (AvgIpc) is 3.18. The van der Waals surface area contributed by atoms with Crippen LogP contribution in [0.4, 0.5) is 5.69 Å². The minimum atomic E-state index is -0.459. The quantitative estimate of drug-likeness (QED) is 0.699. The van der Waals surface area contributed by atoms with Gasteiger partial charge in [0.25, 0.3) is 11.8 Å². The van der Waals surface area contributed by atoms with Crippen molar-refractivity contribution in [1.29, 1.82) is 0 Å². The largest absolute Gasteiger partial charge is 0.351 e. The molecule has 27 heavy (non-hydrogen) atoms. The smallest absolute Gasteiger partial charge is 0.294 e. The Bertz CT molecular complexity index is 935. The molecule has 2 amide bonds. The summed E-state index contributed by atoms with van der Waals surface area (Å²) < 4.78 is 5.09. The third kappa shape index (κ3) is 4.58. The Morgan fingerprint density at radius 2 is 1.85 bits per heavy atom. The van der Waals surface area contributed by atoms with Crippen molar-refractivity contribution >= 4 is 17.5 Å². The Morgan fingerprint density at radius 1 is 1.07 bits per heavy atom. The number of carbonyl (C=O) groups excluding carboxylic acids is 2. The summed E-state index contributed by atoms with van der Waals surface area (Å²) >= 11 is 0. The van der Waals surface area contributed by atoms with E-state index >= 15 is 0 Å². The second-order valence-electron chi connectivity index (χ2n) is 6.27. The molecule has 0 radical (unpaired) electrons. The summed E-state index contributed by atoms with van der Waals surface area (Å²) in [5.41, 5.74) is 2.19. The van der Waals surface area contributed by atoms with Crippen LogP contribution in [0, 0.1) is 0 Å². The molecule has 7 nitrogen and oxygen atoms in total. The van der Waals surface area contributed by atoms with Crippen molar-refractivity contribution in [3.63, 3.8) is 0 Å². The van der Waals surface area contributed by atoms with E-state index in [0.717, 1.165) is 5.69 Å². The van der Waals surface area contributed by atoms with Gasteiger partial charge in [0, 0.05) is 12.3 Å². The van der Waals surface area contributed by atoms with Gasteiger partial charge in [-0.25, -0.2) is 0 Å². The maximum atomic E-state index is 12.5. The summed E-state index contributed by atoms with van der Waals surface area (Å²) in [4.78, 5) is 29.1. The fourth-order valence-electron chi connectivity index (χ4n) is 2.41. The number of aromatic nitrogens is 2. The molecule has 3 rings (SSSR count). The number of nitrogens with one attached hydrogen (secondary N) is 2. The molecule has 138 valence electrons. The molecule has 0 atom stereocenters. The Hall–Kier alpha value is -3.48. The SMILES string of the molecule is CC(C)c1cc(C(=O)Nc2ccccc2C(=O)NCc2ccccn2)on1. The monoisotopic (exact) mass is 364 g/mol. The van der Waals surface area contributed by atoms with Gasteiger partial charge in [0.15, 0.2) is 0 Å². The van der Waals surface area contributed by atoms with E-state index in [9.17, 15) is 9.59 Å². The average molecular weight is 364 g/mol. The van der Waals surface area contributed by atoms with Crippen molar-refractivity contribution in [2.75, 3.05) is 5.32 Å². The van der Waals surface area contributed by atoms with Crippen LogP contribution < -0.4 is 10.6 Å². The van der Waals surface area contributed by atoms with Crippen LogP contribution in [0.2, 0.25) is 0 Å². The summed E-state index contributed by atoms with van der Waals surface area (Å²) in [6.45, 7) is 4.21. The summed E-state index contributed by atoms with van der Waals surface area (Å²) in [5.74, 6) is -0.515. The summed E-state index contributed by atoms with van der Waals surface area (Å²) in [5, 5.41) is 9.39. The van der Waals surface area contributed by atoms with Crippen molar-refractivity contribution in [3.05, 3.63) is 77.4 Å². The third-order valence-electron chi connectivity index (χ3n) is 3.92. The van der Waals surface area contributed by atoms with Crippen LogP contribution in [0.1, 0.15) is 52.1 Å². The van der Waals surface area contributed by atoms with Crippen LogP contribution in [-0.4, -0.2) is 22.0 Å². The molecule has 0 aliphatic carbocycles. The van der Waals surface area contributed by atoms with Crippen molar-refractivity contribution in [1.82, 2.24) is 15.5 Å². The Morgan fingerprint density at radius 3 is 2.56 bits per heavy atom. The standard InChI is InChI=1S/C20H20N4O3/c1-13(2)17-11-18(27-24-17)20(26)23-16-9-4-3-8-15(16)19(25)22-12-14-7-5-6-10-21-14/h3-11,13H,12H2,1-2H3,(H,22,25)(H,23,26). The van der Waals surface area contributed by atoms with Gasteiger partial charge in [0.1, 0.15) is 0 Å². The lowest BCUT2D eigenvalue weighted by molar-refractivity contribution is 0.0951. The molecule has 0 saturated heterocycles. The zero-order chi connectivity index (χ0) is 19.2. The number of amides is 2. The number of pyridine rings is 1. The first-order chi connectivity index (χ1) is 13.0. The fraction of sp³-hybridized carbons (Fsp3) is 0.200. The maximum absolute atomic E-state index is 12.5. The molecule has 2 aromatic heterocycles. The topological polar surface area (TPSA) is 97.1 Å². The number of benzene rings is 1. The number of hydrogen-bond donors (Lipinski definition) is 2. The zero-order valence-corrected chi connectivity index (χ0v) is 15.1. The molecule has 3 aromatic rings. The lowest BCUT2D eigenvalue weighted by Crippen LogP contribution is -2.25. The van der Waals surface area contributed by atoms with Gasteiger partial charge in [-0.1, -0.05) is 37.2 Å². The molecule has 2 N–H and O–H groups in total. The number of carbonyl (C=O) groups is 2.